The first-order chi connectivity index (χ1) is 13.0. The molecular formula is C24H28BrNO2. The molecule has 1 saturated carbocycles. The molecule has 4 heteroatoms. The second-order valence-electron chi connectivity index (χ2n) is 9.02. The minimum absolute atomic E-state index is 0. The standard InChI is InChI=1S/C24H27NO2.BrH/c1-15(26)19-12-21-22-10-17-8-9-18(27)11-20(17)24(21,2)13-23(19)25(22)14-16-6-4-3-5-7-16;/h3-9,11,19,21-23,27H,10,12-14H2,1-2H3;1H/t19?,21?,22?,23?,24-;/m0./s1. The Hall–Kier alpha value is -1.65. The Morgan fingerprint density at radius 3 is 2.64 bits per heavy atom. The smallest absolute Gasteiger partial charge is 0.134 e. The third-order valence-corrected chi connectivity index (χ3v) is 7.61. The molecule has 2 heterocycles. The molecule has 6 rings (SSSR count). The first-order valence-electron chi connectivity index (χ1n) is 10.1. The van der Waals surface area contributed by atoms with Crippen LogP contribution in [-0.4, -0.2) is 27.9 Å². The van der Waals surface area contributed by atoms with E-state index in [1.807, 2.05) is 12.1 Å². The van der Waals surface area contributed by atoms with Gasteiger partial charge in [-0.15, -0.1) is 17.0 Å². The number of halogens is 1. The summed E-state index contributed by atoms with van der Waals surface area (Å²) in [5.74, 6) is 1.30. The third-order valence-electron chi connectivity index (χ3n) is 7.61. The normalized spacial score (nSPS) is 33.1. The van der Waals surface area contributed by atoms with Crippen LogP contribution in [0.5, 0.6) is 5.75 Å². The molecule has 2 aliphatic carbocycles. The summed E-state index contributed by atoms with van der Waals surface area (Å²) in [6.07, 6.45) is 3.01. The quantitative estimate of drug-likeness (QED) is 0.752. The fraction of sp³-hybridized carbons (Fsp3) is 0.458. The van der Waals surface area contributed by atoms with Crippen LogP contribution in [0.1, 0.15) is 43.4 Å². The van der Waals surface area contributed by atoms with Crippen LogP contribution in [0.3, 0.4) is 0 Å². The van der Waals surface area contributed by atoms with Crippen LogP contribution >= 0.6 is 17.0 Å². The molecule has 2 saturated heterocycles. The highest BCUT2D eigenvalue weighted by Crippen LogP contribution is 2.58. The predicted molar refractivity (Wildman–Crippen MR) is 116 cm³/mol. The van der Waals surface area contributed by atoms with Gasteiger partial charge in [-0.3, -0.25) is 9.69 Å². The van der Waals surface area contributed by atoms with Crippen molar-refractivity contribution in [1.82, 2.24) is 4.90 Å². The molecule has 0 amide bonds. The Balaban J connectivity index is 0.00000192. The van der Waals surface area contributed by atoms with Gasteiger partial charge in [0.05, 0.1) is 0 Å². The number of nitrogens with zero attached hydrogens (tertiary/aromatic N) is 1. The second kappa shape index (κ2) is 7.00. The first kappa shape index (κ1) is 19.7. The zero-order chi connectivity index (χ0) is 18.8. The first-order valence-corrected chi connectivity index (χ1v) is 10.1. The Kier molecular flexibility index (Phi) is 4.91. The molecule has 0 spiro atoms. The van der Waals surface area contributed by atoms with Crippen molar-refractivity contribution in [2.75, 3.05) is 0 Å². The van der Waals surface area contributed by atoms with E-state index in [-0.39, 0.29) is 28.3 Å². The number of fused-ring (bicyclic) bond motifs is 2. The molecule has 5 atom stereocenters. The maximum Gasteiger partial charge on any atom is 0.134 e. The molecule has 28 heavy (non-hydrogen) atoms. The van der Waals surface area contributed by atoms with Crippen molar-refractivity contribution < 1.29 is 9.90 Å². The van der Waals surface area contributed by atoms with Crippen molar-refractivity contribution in [3.63, 3.8) is 0 Å². The Morgan fingerprint density at radius 2 is 1.93 bits per heavy atom. The van der Waals surface area contributed by atoms with E-state index in [4.69, 9.17) is 0 Å². The monoisotopic (exact) mass is 441 g/mol. The maximum absolute atomic E-state index is 12.4. The lowest BCUT2D eigenvalue weighted by atomic mass is 9.49. The highest BCUT2D eigenvalue weighted by atomic mass is 79.9. The zero-order valence-corrected chi connectivity index (χ0v) is 18.2. The van der Waals surface area contributed by atoms with Crippen LogP contribution in [0.25, 0.3) is 0 Å². The number of hydrogen-bond acceptors (Lipinski definition) is 3. The van der Waals surface area contributed by atoms with Crippen LogP contribution in [0, 0.1) is 11.8 Å². The molecule has 3 fully saturated rings. The summed E-state index contributed by atoms with van der Waals surface area (Å²) in [6, 6.07) is 17.3. The molecule has 4 aliphatic rings. The topological polar surface area (TPSA) is 40.5 Å². The molecule has 0 radical (unpaired) electrons. The Morgan fingerprint density at radius 1 is 1.18 bits per heavy atom. The largest absolute Gasteiger partial charge is 0.508 e. The number of Topliss-reactive ketones (excluding diaryl/α,β-unsaturated/α-hetero) is 1. The van der Waals surface area contributed by atoms with Crippen molar-refractivity contribution in [3.8, 4) is 5.75 Å². The van der Waals surface area contributed by atoms with Crippen molar-refractivity contribution in [2.45, 2.75) is 57.2 Å². The molecule has 4 unspecified atom stereocenters. The minimum Gasteiger partial charge on any atom is -0.508 e. The number of phenols is 1. The average molecular weight is 442 g/mol. The number of carbonyl (C=O) groups excluding carboxylic acids is 1. The molecule has 2 aliphatic heterocycles. The summed E-state index contributed by atoms with van der Waals surface area (Å²) in [4.78, 5) is 15.1. The highest BCUT2D eigenvalue weighted by molar-refractivity contribution is 8.93. The van der Waals surface area contributed by atoms with Crippen molar-refractivity contribution in [3.05, 3.63) is 65.2 Å². The minimum atomic E-state index is 0. The molecule has 3 nitrogen and oxygen atoms in total. The summed E-state index contributed by atoms with van der Waals surface area (Å²) in [6.45, 7) is 5.05. The average Bonchev–Trinajstić information content (AvgIpc) is 2.65. The van der Waals surface area contributed by atoms with Gasteiger partial charge in [-0.25, -0.2) is 0 Å². The fourth-order valence-corrected chi connectivity index (χ4v) is 6.36. The van der Waals surface area contributed by atoms with Gasteiger partial charge in [-0.1, -0.05) is 43.3 Å². The van der Waals surface area contributed by atoms with E-state index in [1.54, 1.807) is 6.92 Å². The van der Waals surface area contributed by atoms with Gasteiger partial charge in [0.1, 0.15) is 11.5 Å². The van der Waals surface area contributed by atoms with Crippen LogP contribution < -0.4 is 0 Å². The molecule has 4 bridgehead atoms. The maximum atomic E-state index is 12.4. The van der Waals surface area contributed by atoms with Crippen molar-refractivity contribution in [2.24, 2.45) is 11.8 Å². The van der Waals surface area contributed by atoms with E-state index in [1.165, 1.54) is 16.7 Å². The van der Waals surface area contributed by atoms with Crippen LogP contribution in [0.15, 0.2) is 48.5 Å². The number of aromatic hydroxyl groups is 1. The molecule has 2 aromatic carbocycles. The fourth-order valence-electron chi connectivity index (χ4n) is 6.36. The molecule has 1 N–H and O–H groups in total. The van der Waals surface area contributed by atoms with Gasteiger partial charge in [0.15, 0.2) is 0 Å². The zero-order valence-electron chi connectivity index (χ0n) is 16.5. The highest BCUT2D eigenvalue weighted by Gasteiger charge is 2.60. The summed E-state index contributed by atoms with van der Waals surface area (Å²) < 4.78 is 0. The predicted octanol–water partition coefficient (Wildman–Crippen LogP) is 4.65. The number of piperidine rings is 2. The number of ketones is 1. The van der Waals surface area contributed by atoms with E-state index < -0.39 is 0 Å². The van der Waals surface area contributed by atoms with Gasteiger partial charge < -0.3 is 5.11 Å². The molecular weight excluding hydrogens is 414 g/mol. The lowest BCUT2D eigenvalue weighted by Crippen LogP contribution is -2.69. The van der Waals surface area contributed by atoms with Gasteiger partial charge in [0, 0.05) is 24.5 Å². The summed E-state index contributed by atoms with van der Waals surface area (Å²) in [7, 11) is 0. The van der Waals surface area contributed by atoms with E-state index in [9.17, 15) is 9.90 Å². The van der Waals surface area contributed by atoms with Gasteiger partial charge in [-0.05, 0) is 66.3 Å². The van der Waals surface area contributed by atoms with E-state index in [0.717, 1.165) is 25.8 Å². The van der Waals surface area contributed by atoms with E-state index >= 15 is 0 Å². The molecule has 148 valence electrons. The number of rotatable bonds is 3. The Bertz CT molecular complexity index is 899. The van der Waals surface area contributed by atoms with Crippen molar-refractivity contribution in [1.29, 1.82) is 0 Å². The third kappa shape index (κ3) is 2.84. The van der Waals surface area contributed by atoms with Crippen LogP contribution in [0.2, 0.25) is 0 Å². The van der Waals surface area contributed by atoms with Gasteiger partial charge >= 0.3 is 0 Å². The van der Waals surface area contributed by atoms with Gasteiger partial charge in [-0.2, -0.15) is 0 Å². The number of phenolic OH excluding ortho intramolecular Hbond substituents is 1. The molecule has 2 aromatic rings. The number of hydrogen-bond donors (Lipinski definition) is 1. The van der Waals surface area contributed by atoms with Crippen LogP contribution in [-0.2, 0) is 23.2 Å². The van der Waals surface area contributed by atoms with E-state index in [2.05, 4.69) is 48.2 Å². The van der Waals surface area contributed by atoms with E-state index in [0.29, 0.717) is 29.5 Å². The summed E-state index contributed by atoms with van der Waals surface area (Å²) in [5, 5.41) is 10.1. The van der Waals surface area contributed by atoms with Crippen molar-refractivity contribution >= 4 is 22.8 Å². The van der Waals surface area contributed by atoms with Gasteiger partial charge in [0.2, 0.25) is 0 Å². The van der Waals surface area contributed by atoms with Gasteiger partial charge in [0.25, 0.3) is 0 Å². The summed E-state index contributed by atoms with van der Waals surface area (Å²) in [5.41, 5.74) is 4.07. The lowest BCUT2D eigenvalue weighted by Gasteiger charge is -2.64. The SMILES string of the molecule is Br.CC(=O)C1CC2C3Cc4ccc(O)cc4[C@]2(C)CC1N3Cc1ccccc1. The number of carbonyl (C=O) groups is 1. The Labute approximate surface area is 177 Å². The second-order valence-corrected chi connectivity index (χ2v) is 9.02. The van der Waals surface area contributed by atoms with Crippen LogP contribution in [0.4, 0.5) is 0 Å². The summed E-state index contributed by atoms with van der Waals surface area (Å²) >= 11 is 0. The number of benzene rings is 2. The molecule has 0 aromatic heterocycles. The lowest BCUT2D eigenvalue weighted by molar-refractivity contribution is -0.142.